The highest BCUT2D eigenvalue weighted by Gasteiger charge is 2.23. The predicted octanol–water partition coefficient (Wildman–Crippen LogP) is 6.12. The number of aryl methyl sites for hydroxylation is 1. The Morgan fingerprint density at radius 1 is 0.679 bits per heavy atom. The second-order valence-corrected chi connectivity index (χ2v) is 7.41. The molecule has 0 spiro atoms. The van der Waals surface area contributed by atoms with Gasteiger partial charge in [0.05, 0.1) is 0 Å². The summed E-state index contributed by atoms with van der Waals surface area (Å²) >= 11 is 0. The van der Waals surface area contributed by atoms with E-state index < -0.39 is 0 Å². The summed E-state index contributed by atoms with van der Waals surface area (Å²) in [6, 6.07) is 32.0. The van der Waals surface area contributed by atoms with Crippen molar-refractivity contribution in [2.75, 3.05) is 0 Å². The van der Waals surface area contributed by atoms with Gasteiger partial charge in [-0.2, -0.15) is 4.57 Å². The molecule has 0 unspecified atom stereocenters. The Labute approximate surface area is 167 Å². The van der Waals surface area contributed by atoms with Gasteiger partial charge in [0, 0.05) is 24.5 Å². The van der Waals surface area contributed by atoms with Gasteiger partial charge in [0.15, 0.2) is 0 Å². The van der Waals surface area contributed by atoms with Crippen molar-refractivity contribution in [3.8, 4) is 28.2 Å². The Morgan fingerprint density at radius 3 is 1.93 bits per heavy atom. The van der Waals surface area contributed by atoms with Crippen LogP contribution in [0.5, 0.6) is 0 Å². The second-order valence-electron chi connectivity index (χ2n) is 7.41. The molecule has 2 nitrogen and oxygen atoms in total. The van der Waals surface area contributed by atoms with E-state index in [0.29, 0.717) is 5.92 Å². The van der Waals surface area contributed by atoms with Gasteiger partial charge in [-0.05, 0) is 40.4 Å². The normalized spacial score (nSPS) is 11.0. The SMILES string of the molecule is Cc1cccc(-[n+]2c(-c3ccccc3)cc(-c3ccccc3)cc2C(C)C)n1. The first kappa shape index (κ1) is 18.1. The third-order valence-corrected chi connectivity index (χ3v) is 4.97. The monoisotopic (exact) mass is 365 g/mol. The lowest BCUT2D eigenvalue weighted by Crippen LogP contribution is -2.40. The Hall–Kier alpha value is -3.26. The van der Waals surface area contributed by atoms with E-state index in [1.54, 1.807) is 0 Å². The number of aromatic nitrogens is 2. The van der Waals surface area contributed by atoms with Gasteiger partial charge >= 0.3 is 5.82 Å². The van der Waals surface area contributed by atoms with Gasteiger partial charge in [0.2, 0.25) is 0 Å². The average Bonchev–Trinajstić information content (AvgIpc) is 2.74. The van der Waals surface area contributed by atoms with E-state index in [0.717, 1.165) is 17.2 Å². The van der Waals surface area contributed by atoms with Crippen LogP contribution in [0.15, 0.2) is 91.0 Å². The zero-order valence-corrected chi connectivity index (χ0v) is 16.6. The van der Waals surface area contributed by atoms with Gasteiger partial charge < -0.3 is 0 Å². The first-order valence-corrected chi connectivity index (χ1v) is 9.78. The van der Waals surface area contributed by atoms with Crippen molar-refractivity contribution in [3.63, 3.8) is 0 Å². The number of pyridine rings is 2. The molecule has 2 heteroatoms. The molecule has 0 radical (unpaired) electrons. The van der Waals surface area contributed by atoms with Crippen LogP contribution in [0.4, 0.5) is 0 Å². The van der Waals surface area contributed by atoms with Crippen molar-refractivity contribution in [1.82, 2.24) is 4.98 Å². The lowest BCUT2D eigenvalue weighted by Gasteiger charge is -2.16. The van der Waals surface area contributed by atoms with Gasteiger partial charge in [-0.1, -0.05) is 74.5 Å². The fourth-order valence-corrected chi connectivity index (χ4v) is 3.57. The average molecular weight is 366 g/mol. The summed E-state index contributed by atoms with van der Waals surface area (Å²) in [4.78, 5) is 4.84. The zero-order chi connectivity index (χ0) is 19.5. The number of hydrogen-bond donors (Lipinski definition) is 0. The van der Waals surface area contributed by atoms with Crippen LogP contribution in [-0.2, 0) is 0 Å². The minimum atomic E-state index is 0.355. The van der Waals surface area contributed by atoms with Crippen LogP contribution in [-0.4, -0.2) is 4.98 Å². The molecule has 28 heavy (non-hydrogen) atoms. The van der Waals surface area contributed by atoms with Gasteiger partial charge in [0.25, 0.3) is 0 Å². The molecule has 2 heterocycles. The number of benzene rings is 2. The summed E-state index contributed by atoms with van der Waals surface area (Å²) in [5.41, 5.74) is 7.07. The molecule has 4 aromatic rings. The highest BCUT2D eigenvalue weighted by molar-refractivity contribution is 5.69. The minimum Gasteiger partial charge on any atom is -0.193 e. The molecule has 0 aliphatic heterocycles. The molecule has 0 aliphatic rings. The molecular formula is C26H25N2+. The molecule has 0 saturated carbocycles. The maximum atomic E-state index is 4.84. The quantitative estimate of drug-likeness (QED) is 0.398. The topological polar surface area (TPSA) is 16.8 Å². The highest BCUT2D eigenvalue weighted by Crippen LogP contribution is 2.28. The maximum absolute atomic E-state index is 4.84. The third kappa shape index (κ3) is 3.59. The van der Waals surface area contributed by atoms with Crippen LogP contribution in [0.1, 0.15) is 31.2 Å². The zero-order valence-electron chi connectivity index (χ0n) is 16.6. The third-order valence-electron chi connectivity index (χ3n) is 4.97. The number of nitrogens with zero attached hydrogens (tertiary/aromatic N) is 2. The van der Waals surface area contributed by atoms with Gasteiger partial charge in [-0.15, -0.1) is 0 Å². The molecule has 138 valence electrons. The van der Waals surface area contributed by atoms with Crippen molar-refractivity contribution in [2.45, 2.75) is 26.7 Å². The lowest BCUT2D eigenvalue weighted by atomic mass is 9.98. The van der Waals surface area contributed by atoms with Crippen molar-refractivity contribution in [1.29, 1.82) is 0 Å². The van der Waals surface area contributed by atoms with Crippen LogP contribution in [0.2, 0.25) is 0 Å². The standard InChI is InChI=1S/C26H25N2/c1-19(2)24-17-23(21-12-6-4-7-13-21)18-25(22-14-8-5-9-15-22)28(24)26-16-10-11-20(3)27-26/h4-19H,1-3H3/q+1. The minimum absolute atomic E-state index is 0.355. The fraction of sp³-hybridized carbons (Fsp3) is 0.154. The van der Waals surface area contributed by atoms with E-state index in [9.17, 15) is 0 Å². The summed E-state index contributed by atoms with van der Waals surface area (Å²) in [6.45, 7) is 6.52. The van der Waals surface area contributed by atoms with Crippen molar-refractivity contribution >= 4 is 0 Å². The van der Waals surface area contributed by atoms with Crippen LogP contribution in [0, 0.1) is 6.92 Å². The first-order valence-electron chi connectivity index (χ1n) is 9.78. The summed E-state index contributed by atoms with van der Waals surface area (Å²) < 4.78 is 2.30. The first-order chi connectivity index (χ1) is 13.6. The summed E-state index contributed by atoms with van der Waals surface area (Å²) in [6.07, 6.45) is 0. The molecule has 0 saturated heterocycles. The van der Waals surface area contributed by atoms with Gasteiger partial charge in [0.1, 0.15) is 17.1 Å². The molecular weight excluding hydrogens is 340 g/mol. The molecule has 0 aliphatic carbocycles. The molecule has 0 amide bonds. The largest absolute Gasteiger partial charge is 0.328 e. The van der Waals surface area contributed by atoms with Crippen LogP contribution < -0.4 is 4.57 Å². The number of hydrogen-bond acceptors (Lipinski definition) is 1. The van der Waals surface area contributed by atoms with E-state index in [4.69, 9.17) is 4.98 Å². The van der Waals surface area contributed by atoms with Crippen molar-refractivity contribution in [3.05, 3.63) is 102 Å². The summed E-state index contributed by atoms with van der Waals surface area (Å²) in [5.74, 6) is 1.32. The summed E-state index contributed by atoms with van der Waals surface area (Å²) in [5, 5.41) is 0. The van der Waals surface area contributed by atoms with E-state index in [2.05, 4.69) is 103 Å². The number of rotatable bonds is 4. The lowest BCUT2D eigenvalue weighted by molar-refractivity contribution is -0.598. The molecule has 2 aromatic carbocycles. The maximum Gasteiger partial charge on any atom is 0.328 e. The molecule has 2 aromatic heterocycles. The van der Waals surface area contributed by atoms with E-state index in [1.165, 1.54) is 22.4 Å². The van der Waals surface area contributed by atoms with Crippen LogP contribution >= 0.6 is 0 Å². The van der Waals surface area contributed by atoms with E-state index in [-0.39, 0.29) is 0 Å². The molecule has 0 N–H and O–H groups in total. The van der Waals surface area contributed by atoms with Crippen molar-refractivity contribution < 1.29 is 4.57 Å². The van der Waals surface area contributed by atoms with Crippen LogP contribution in [0.25, 0.3) is 28.2 Å². The molecule has 0 bridgehead atoms. The van der Waals surface area contributed by atoms with Gasteiger partial charge in [-0.25, -0.2) is 0 Å². The Balaban J connectivity index is 2.06. The fourth-order valence-electron chi connectivity index (χ4n) is 3.57. The molecule has 0 atom stereocenters. The second kappa shape index (κ2) is 7.77. The Bertz CT molecular complexity index is 1080. The van der Waals surface area contributed by atoms with Crippen LogP contribution in [0.3, 0.4) is 0 Å². The van der Waals surface area contributed by atoms with E-state index in [1.807, 2.05) is 13.0 Å². The Morgan fingerprint density at radius 2 is 1.32 bits per heavy atom. The Kier molecular flexibility index (Phi) is 5.03. The smallest absolute Gasteiger partial charge is 0.193 e. The van der Waals surface area contributed by atoms with E-state index >= 15 is 0 Å². The molecule has 4 rings (SSSR count). The predicted molar refractivity (Wildman–Crippen MR) is 115 cm³/mol. The highest BCUT2D eigenvalue weighted by atomic mass is 15.1. The summed E-state index contributed by atoms with van der Waals surface area (Å²) in [7, 11) is 0. The van der Waals surface area contributed by atoms with Crippen molar-refractivity contribution in [2.24, 2.45) is 0 Å². The molecule has 0 fully saturated rings. The van der Waals surface area contributed by atoms with Gasteiger partial charge in [-0.3, -0.25) is 0 Å².